The molecule has 4 heterocycles. The number of nitrogens with one attached hydrogen (secondary N) is 2. The van der Waals surface area contributed by atoms with Gasteiger partial charge in [0.25, 0.3) is 5.91 Å². The van der Waals surface area contributed by atoms with Gasteiger partial charge in [0.1, 0.15) is 11.5 Å². The number of alkyl halides is 5. The highest BCUT2D eigenvalue weighted by atomic mass is 19.4. The zero-order chi connectivity index (χ0) is 34.5. The molecule has 1 aromatic rings. The number of halogens is 5. The molecule has 0 aromatic carbocycles. The predicted molar refractivity (Wildman–Crippen MR) is 156 cm³/mol. The molecule has 6 rings (SSSR count). The van der Waals surface area contributed by atoms with Gasteiger partial charge in [-0.05, 0) is 38.5 Å². The first-order valence-electron chi connectivity index (χ1n) is 16.5. The van der Waals surface area contributed by atoms with Crippen LogP contribution in [0.4, 0.5) is 22.0 Å². The number of H-pyrrole nitrogens is 1. The molecule has 3 atom stereocenters. The first kappa shape index (κ1) is 34.5. The highest BCUT2D eigenvalue weighted by Gasteiger charge is 2.71. The summed E-state index contributed by atoms with van der Waals surface area (Å²) in [7, 11) is 0. The Hall–Kier alpha value is -3.34. The Morgan fingerprint density at radius 2 is 1.69 bits per heavy atom. The van der Waals surface area contributed by atoms with Crippen LogP contribution in [0, 0.1) is 22.7 Å². The molecule has 12 nitrogen and oxygen atoms in total. The maximum absolute atomic E-state index is 14.1. The summed E-state index contributed by atoms with van der Waals surface area (Å²) < 4.78 is 80.1. The molecule has 1 aromatic heterocycles. The van der Waals surface area contributed by atoms with Crippen molar-refractivity contribution in [3.63, 3.8) is 0 Å². The Morgan fingerprint density at radius 1 is 1.04 bits per heavy atom. The van der Waals surface area contributed by atoms with E-state index in [1.54, 1.807) is 11.8 Å². The van der Waals surface area contributed by atoms with Gasteiger partial charge in [-0.3, -0.25) is 24.3 Å². The van der Waals surface area contributed by atoms with Crippen LogP contribution in [-0.4, -0.2) is 132 Å². The van der Waals surface area contributed by atoms with Crippen molar-refractivity contribution in [2.75, 3.05) is 59.1 Å². The van der Waals surface area contributed by atoms with Crippen molar-refractivity contribution in [1.82, 2.24) is 30.2 Å². The third-order valence-electron chi connectivity index (χ3n) is 10.8. The van der Waals surface area contributed by atoms with Gasteiger partial charge in [-0.25, -0.2) is 8.78 Å². The summed E-state index contributed by atoms with van der Waals surface area (Å²) in [4.78, 5) is 58.4. The number of nitrogens with zero attached hydrogens (tertiary/aromatic N) is 4. The Balaban J connectivity index is 1.19. The minimum atomic E-state index is -4.69. The monoisotopic (exact) mass is 688 g/mol. The number of rotatable bonds is 9. The van der Waals surface area contributed by atoms with Crippen molar-refractivity contribution in [2.24, 2.45) is 22.7 Å². The molecular formula is C31H41F5N6O6. The summed E-state index contributed by atoms with van der Waals surface area (Å²) >= 11 is 0. The molecule has 5 fully saturated rings. The van der Waals surface area contributed by atoms with Gasteiger partial charge in [-0.2, -0.15) is 18.3 Å². The second kappa shape index (κ2) is 12.8. The highest BCUT2D eigenvalue weighted by Crippen LogP contribution is 2.60. The second-order valence-electron chi connectivity index (χ2n) is 14.1. The second-order valence-corrected chi connectivity index (χ2v) is 14.1. The van der Waals surface area contributed by atoms with Crippen molar-refractivity contribution >= 4 is 23.6 Å². The average Bonchev–Trinajstić information content (AvgIpc) is 3.50. The Morgan fingerprint density at radius 3 is 2.27 bits per heavy atom. The van der Waals surface area contributed by atoms with Crippen molar-refractivity contribution in [3.05, 3.63) is 18.0 Å². The SMILES string of the molecule is C[C@@H](OCC1CCC(F)(F)CC1)[C@H](NC(=O)[C@@H]1CN(C(=O)c2cn[nH]c2)CC12CN(C(=O)C1(C(F)(F)F)CC1)C2)C(=O)N1CCOCC1. The molecule has 1 spiro atoms. The maximum Gasteiger partial charge on any atom is 0.403 e. The lowest BCUT2D eigenvalue weighted by Gasteiger charge is -2.51. The molecule has 4 amide bonds. The molecule has 48 heavy (non-hydrogen) atoms. The number of aromatic amines is 1. The van der Waals surface area contributed by atoms with Crippen LogP contribution in [0.5, 0.6) is 0 Å². The third kappa shape index (κ3) is 6.63. The number of carbonyl (C=O) groups excluding carboxylic acids is 4. The van der Waals surface area contributed by atoms with E-state index in [1.165, 1.54) is 17.3 Å². The molecule has 5 aliphatic rings. The number of likely N-dealkylation sites (tertiary alicyclic amines) is 2. The summed E-state index contributed by atoms with van der Waals surface area (Å²) in [6.07, 6.45) is -3.37. The van der Waals surface area contributed by atoms with Gasteiger partial charge in [-0.1, -0.05) is 0 Å². The Kier molecular flexibility index (Phi) is 9.24. The lowest BCUT2D eigenvalue weighted by atomic mass is 9.70. The zero-order valence-electron chi connectivity index (χ0n) is 26.7. The van der Waals surface area contributed by atoms with Gasteiger partial charge in [0.15, 0.2) is 0 Å². The van der Waals surface area contributed by atoms with E-state index in [4.69, 9.17) is 9.47 Å². The summed E-state index contributed by atoms with van der Waals surface area (Å²) in [5.41, 5.74) is -3.21. The molecule has 3 saturated heterocycles. The van der Waals surface area contributed by atoms with Gasteiger partial charge in [0.05, 0.1) is 37.0 Å². The van der Waals surface area contributed by atoms with Crippen LogP contribution in [0.25, 0.3) is 0 Å². The first-order valence-corrected chi connectivity index (χ1v) is 16.5. The number of morpholine rings is 1. The van der Waals surface area contributed by atoms with Crippen LogP contribution >= 0.6 is 0 Å². The molecule has 17 heteroatoms. The fourth-order valence-corrected chi connectivity index (χ4v) is 7.52. The van der Waals surface area contributed by atoms with Gasteiger partial charge in [-0.15, -0.1) is 0 Å². The molecular weight excluding hydrogens is 647 g/mol. The minimum absolute atomic E-state index is 0.0122. The van der Waals surface area contributed by atoms with Crippen molar-refractivity contribution in [1.29, 1.82) is 0 Å². The smallest absolute Gasteiger partial charge is 0.378 e. The molecule has 0 radical (unpaired) electrons. The normalized spacial score (nSPS) is 26.1. The van der Waals surface area contributed by atoms with Crippen molar-refractivity contribution in [3.8, 4) is 0 Å². The summed E-state index contributed by atoms with van der Waals surface area (Å²) in [5, 5.41) is 9.19. The summed E-state index contributed by atoms with van der Waals surface area (Å²) in [6, 6.07) is -1.17. The minimum Gasteiger partial charge on any atom is -0.378 e. The van der Waals surface area contributed by atoms with Crippen molar-refractivity contribution in [2.45, 2.75) is 69.7 Å². The van der Waals surface area contributed by atoms with Gasteiger partial charge in [0.2, 0.25) is 23.6 Å². The zero-order valence-corrected chi connectivity index (χ0v) is 26.7. The molecule has 2 N–H and O–H groups in total. The Bertz CT molecular complexity index is 1370. The van der Waals surface area contributed by atoms with E-state index in [0.29, 0.717) is 13.2 Å². The van der Waals surface area contributed by atoms with Gasteiger partial charge in [0, 0.05) is 70.3 Å². The quantitative estimate of drug-likeness (QED) is 0.380. The molecule has 266 valence electrons. The third-order valence-corrected chi connectivity index (χ3v) is 10.8. The summed E-state index contributed by atoms with van der Waals surface area (Å²) in [5.74, 6) is -6.27. The van der Waals surface area contributed by atoms with E-state index >= 15 is 0 Å². The number of carbonyl (C=O) groups is 4. The van der Waals surface area contributed by atoms with Crippen LogP contribution in [-0.2, 0) is 23.9 Å². The largest absolute Gasteiger partial charge is 0.403 e. The lowest BCUT2D eigenvalue weighted by Crippen LogP contribution is -2.67. The van der Waals surface area contributed by atoms with Crippen LogP contribution in [0.3, 0.4) is 0 Å². The van der Waals surface area contributed by atoms with Crippen LogP contribution in [0.2, 0.25) is 0 Å². The van der Waals surface area contributed by atoms with E-state index in [0.717, 1.165) is 4.90 Å². The van der Waals surface area contributed by atoms with E-state index in [9.17, 15) is 41.1 Å². The predicted octanol–water partition coefficient (Wildman–Crippen LogP) is 2.23. The van der Waals surface area contributed by atoms with Gasteiger partial charge < -0.3 is 29.5 Å². The molecule has 0 unspecified atom stereocenters. The molecule has 0 bridgehead atoms. The van der Waals surface area contributed by atoms with E-state index in [1.807, 2.05) is 0 Å². The Labute approximate surface area is 274 Å². The first-order chi connectivity index (χ1) is 22.6. The standard InChI is InChI=1S/C31H41F5N6O6/c1-19(48-15-20-2-4-30(32,33)5-3-20)23(26(45)40-8-10-47-11-9-40)39-24(43)22-14-41(25(44)21-12-37-38-13-21)16-28(22)17-42(18-28)27(46)29(6-7-29)31(34,35)36/h12-13,19-20,22-23H,2-11,14-18H2,1H3,(H,37,38)(H,39,43)/t19-,22+,23+/m1/s1. The van der Waals surface area contributed by atoms with Crippen molar-refractivity contribution < 1.29 is 50.6 Å². The molecule has 2 aliphatic carbocycles. The fourth-order valence-electron chi connectivity index (χ4n) is 7.52. The fraction of sp³-hybridized carbons (Fsp3) is 0.774. The lowest BCUT2D eigenvalue weighted by molar-refractivity contribution is -0.205. The number of hydrogen-bond donors (Lipinski definition) is 2. The van der Waals surface area contributed by atoms with Crippen LogP contribution < -0.4 is 5.32 Å². The molecule has 3 aliphatic heterocycles. The highest BCUT2D eigenvalue weighted by molar-refractivity contribution is 5.96. The van der Waals surface area contributed by atoms with Gasteiger partial charge >= 0.3 is 6.18 Å². The summed E-state index contributed by atoms with van der Waals surface area (Å²) in [6.45, 7) is 2.53. The number of amides is 4. The van der Waals surface area contributed by atoms with E-state index in [-0.39, 0.29) is 95.9 Å². The number of ether oxygens (including phenoxy) is 2. The van der Waals surface area contributed by atoms with Crippen LogP contribution in [0.15, 0.2) is 12.4 Å². The van der Waals surface area contributed by atoms with E-state index in [2.05, 4.69) is 15.5 Å². The topological polar surface area (TPSA) is 137 Å². The maximum atomic E-state index is 14.1. The number of hydrogen-bond acceptors (Lipinski definition) is 7. The average molecular weight is 689 g/mol. The number of aromatic nitrogens is 2. The van der Waals surface area contributed by atoms with Crippen LogP contribution in [0.1, 0.15) is 55.8 Å². The molecule has 2 saturated carbocycles. The van der Waals surface area contributed by atoms with E-state index < -0.39 is 64.6 Å².